The molecule has 0 radical (unpaired) electrons. The van der Waals surface area contributed by atoms with Gasteiger partial charge in [0.25, 0.3) is 5.69 Å². The van der Waals surface area contributed by atoms with Crippen molar-refractivity contribution < 1.29 is 43.7 Å². The van der Waals surface area contributed by atoms with Gasteiger partial charge in [-0.25, -0.2) is 4.79 Å². The number of methoxy groups -OCH3 is 1. The van der Waals surface area contributed by atoms with Gasteiger partial charge in [-0.2, -0.15) is 0 Å². The fraction of sp³-hybridized carbons (Fsp3) is 0.400. The number of fused-ring (bicyclic) bond motifs is 3. The van der Waals surface area contributed by atoms with Crippen molar-refractivity contribution in [2.45, 2.75) is 75.8 Å². The first-order chi connectivity index (χ1) is 30.8. The summed E-state index contributed by atoms with van der Waals surface area (Å²) in [6, 6.07) is 25.2. The molecule has 0 spiro atoms. The van der Waals surface area contributed by atoms with Gasteiger partial charge in [-0.1, -0.05) is 85.3 Å². The van der Waals surface area contributed by atoms with Crippen LogP contribution in [0, 0.1) is 27.9 Å². The number of benzene rings is 4. The van der Waals surface area contributed by atoms with Crippen molar-refractivity contribution in [3.05, 3.63) is 149 Å². The lowest BCUT2D eigenvalue weighted by Crippen LogP contribution is -2.70. The molecule has 3 aliphatic rings. The molecule has 4 aromatic carbocycles. The van der Waals surface area contributed by atoms with E-state index in [9.17, 15) is 25.1 Å². The van der Waals surface area contributed by atoms with Gasteiger partial charge in [0.05, 0.1) is 36.8 Å². The zero-order chi connectivity index (χ0) is 44.3. The third-order valence-electron chi connectivity index (χ3n) is 12.6. The first kappa shape index (κ1) is 45.0. The van der Waals surface area contributed by atoms with E-state index in [4.69, 9.17) is 28.9 Å². The Morgan fingerprint density at radius 1 is 0.968 bits per heavy atom. The molecule has 63 heavy (non-hydrogen) atoms. The van der Waals surface area contributed by atoms with E-state index in [1.54, 1.807) is 29.2 Å². The SMILES string of the molecule is C=CCOc1ccc2c(c1)[C@H]1[C@H](CCCCO)[C@@H](CCCCO)C=C3C(=NOCc4ccc([N+](=O)[O-])cc4)C[C@H](N(Cc4cccc5ccccc45)C(=O)OC)[C@@](OCC=C)(O2)[C@H]31. The molecule has 2 aliphatic carbocycles. The van der Waals surface area contributed by atoms with Gasteiger partial charge in [0.15, 0.2) is 0 Å². The summed E-state index contributed by atoms with van der Waals surface area (Å²) >= 11 is 0. The molecule has 4 aromatic rings. The Balaban J connectivity index is 1.45. The third-order valence-corrected chi connectivity index (χ3v) is 12.6. The van der Waals surface area contributed by atoms with Crippen molar-refractivity contribution in [1.29, 1.82) is 0 Å². The second kappa shape index (κ2) is 20.9. The summed E-state index contributed by atoms with van der Waals surface area (Å²) in [5, 5.41) is 38.1. The number of aliphatic hydroxyl groups is 2. The Hall–Kier alpha value is -6.02. The van der Waals surface area contributed by atoms with Crippen LogP contribution >= 0.6 is 0 Å². The molecule has 1 fully saturated rings. The topological polar surface area (TPSA) is 162 Å². The fourth-order valence-electron chi connectivity index (χ4n) is 9.83. The highest BCUT2D eigenvalue weighted by Crippen LogP contribution is 2.62. The van der Waals surface area contributed by atoms with Crippen molar-refractivity contribution in [1.82, 2.24) is 4.90 Å². The molecule has 1 heterocycles. The predicted octanol–water partition coefficient (Wildman–Crippen LogP) is 9.42. The summed E-state index contributed by atoms with van der Waals surface area (Å²) in [6.45, 7) is 8.61. The number of non-ortho nitro benzene ring substituents is 1. The second-order valence-electron chi connectivity index (χ2n) is 16.3. The highest BCUT2D eigenvalue weighted by atomic mass is 16.7. The van der Waals surface area contributed by atoms with Crippen LogP contribution in [0.4, 0.5) is 10.5 Å². The number of nitrogens with zero attached hydrogens (tertiary/aromatic N) is 3. The number of hydrogen-bond acceptors (Lipinski definition) is 11. The summed E-state index contributed by atoms with van der Waals surface area (Å²) in [5.41, 5.74) is 3.97. The number of unbranched alkanes of at least 4 members (excludes halogenated alkanes) is 2. The van der Waals surface area contributed by atoms with Gasteiger partial charge in [0.2, 0.25) is 5.79 Å². The van der Waals surface area contributed by atoms with E-state index in [0.29, 0.717) is 42.2 Å². The van der Waals surface area contributed by atoms with Gasteiger partial charge in [0.1, 0.15) is 30.8 Å². The smallest absolute Gasteiger partial charge is 0.410 e. The second-order valence-corrected chi connectivity index (χ2v) is 16.3. The van der Waals surface area contributed by atoms with Crippen LogP contribution in [0.3, 0.4) is 0 Å². The quantitative estimate of drug-likeness (QED) is 0.0357. The van der Waals surface area contributed by atoms with Crippen LogP contribution in [0.15, 0.2) is 127 Å². The van der Waals surface area contributed by atoms with E-state index >= 15 is 0 Å². The van der Waals surface area contributed by atoms with Crippen LogP contribution in [0.5, 0.6) is 11.5 Å². The monoisotopic (exact) mass is 859 g/mol. The molecule has 7 rings (SSSR count). The lowest BCUT2D eigenvalue weighted by atomic mass is 9.55. The van der Waals surface area contributed by atoms with E-state index in [1.165, 1.54) is 19.2 Å². The number of amides is 1. The first-order valence-corrected chi connectivity index (χ1v) is 21.8. The molecule has 332 valence electrons. The molecule has 0 bridgehead atoms. The van der Waals surface area contributed by atoms with Crippen LogP contribution < -0.4 is 9.47 Å². The van der Waals surface area contributed by atoms with Crippen LogP contribution in [0.2, 0.25) is 0 Å². The van der Waals surface area contributed by atoms with Crippen molar-refractivity contribution in [3.63, 3.8) is 0 Å². The summed E-state index contributed by atoms with van der Waals surface area (Å²) in [4.78, 5) is 33.2. The molecular formula is C50H57N3O10. The van der Waals surface area contributed by atoms with Crippen molar-refractivity contribution >= 4 is 28.3 Å². The van der Waals surface area contributed by atoms with Gasteiger partial charge < -0.3 is 34.0 Å². The first-order valence-electron chi connectivity index (χ1n) is 21.8. The minimum absolute atomic E-state index is 0.0127. The third kappa shape index (κ3) is 9.65. The number of aliphatic hydroxyl groups excluding tert-OH is 2. The van der Waals surface area contributed by atoms with E-state index in [2.05, 4.69) is 19.2 Å². The Morgan fingerprint density at radius 2 is 1.71 bits per heavy atom. The summed E-state index contributed by atoms with van der Waals surface area (Å²) in [5.74, 6) is -1.02. The number of allylic oxidation sites excluding steroid dienone is 1. The summed E-state index contributed by atoms with van der Waals surface area (Å²) in [6.07, 6.45) is 9.62. The summed E-state index contributed by atoms with van der Waals surface area (Å²) < 4.78 is 26.2. The Kier molecular flexibility index (Phi) is 14.9. The minimum atomic E-state index is -1.50. The summed E-state index contributed by atoms with van der Waals surface area (Å²) in [7, 11) is 1.37. The normalized spacial score (nSPS) is 22.8. The van der Waals surface area contributed by atoms with Crippen LogP contribution in [0.1, 0.15) is 67.6 Å². The zero-order valence-corrected chi connectivity index (χ0v) is 35.8. The number of oxime groups is 1. The van der Waals surface area contributed by atoms with E-state index in [1.807, 2.05) is 60.7 Å². The molecule has 0 saturated heterocycles. The van der Waals surface area contributed by atoms with Crippen molar-refractivity contribution in [2.75, 3.05) is 33.5 Å². The minimum Gasteiger partial charge on any atom is -0.490 e. The van der Waals surface area contributed by atoms with Crippen LogP contribution in [-0.4, -0.2) is 77.2 Å². The van der Waals surface area contributed by atoms with Gasteiger partial charge in [0, 0.05) is 43.2 Å². The number of carbonyl (C=O) groups is 1. The molecule has 13 heteroatoms. The average molecular weight is 860 g/mol. The van der Waals surface area contributed by atoms with E-state index < -0.39 is 28.8 Å². The number of hydrogen-bond donors (Lipinski definition) is 2. The number of nitro benzene ring substituents is 1. The van der Waals surface area contributed by atoms with Crippen LogP contribution in [0.25, 0.3) is 10.8 Å². The number of carbonyl (C=O) groups excluding carboxylic acids is 1. The van der Waals surface area contributed by atoms with Crippen molar-refractivity contribution in [2.24, 2.45) is 22.9 Å². The Bertz CT molecular complexity index is 2310. The van der Waals surface area contributed by atoms with Crippen molar-refractivity contribution in [3.8, 4) is 11.5 Å². The Labute approximate surface area is 368 Å². The molecule has 1 aliphatic heterocycles. The number of rotatable bonds is 21. The standard InChI is InChI=1S/C50H57N3O10/c1-4-27-60-39-23-24-45-43(30-39)47-41(18-9-11-26-55)36(14-8-10-25-54)29-42-44(51-62-33-34-19-21-38(22-20-34)53(57)58)31-46(50(63-45,48(42)47)61-28-5-2)52(49(56)59-3)32-37-16-12-15-35-13-6-7-17-40(35)37/h4-7,12-13,15-17,19-24,29-30,36,41,46-48,54-55H,1-2,8-11,14,18,25-28,31-33H2,3H3/t36-,41+,46-,47+,48+,50+/m0/s1. The van der Waals surface area contributed by atoms with Gasteiger partial charge in [-0.05, 0) is 95.3 Å². The molecule has 0 unspecified atom stereocenters. The molecule has 1 saturated carbocycles. The maximum atomic E-state index is 14.5. The predicted molar refractivity (Wildman–Crippen MR) is 240 cm³/mol. The lowest BCUT2D eigenvalue weighted by Gasteiger charge is -2.59. The average Bonchev–Trinajstić information content (AvgIpc) is 3.30. The number of nitro groups is 1. The molecule has 1 amide bonds. The van der Waals surface area contributed by atoms with Gasteiger partial charge in [-0.3, -0.25) is 15.0 Å². The maximum absolute atomic E-state index is 14.5. The van der Waals surface area contributed by atoms with E-state index in [0.717, 1.165) is 53.2 Å². The van der Waals surface area contributed by atoms with Crippen LogP contribution in [-0.2, 0) is 27.5 Å². The number of ether oxygens (including phenoxy) is 4. The highest BCUT2D eigenvalue weighted by Gasteiger charge is 2.65. The largest absolute Gasteiger partial charge is 0.490 e. The fourth-order valence-corrected chi connectivity index (χ4v) is 9.83. The molecule has 13 nitrogen and oxygen atoms in total. The molecule has 2 N–H and O–H groups in total. The Morgan fingerprint density at radius 3 is 2.44 bits per heavy atom. The van der Waals surface area contributed by atoms with Gasteiger partial charge >= 0.3 is 6.09 Å². The molecular weight excluding hydrogens is 803 g/mol. The highest BCUT2D eigenvalue weighted by molar-refractivity contribution is 6.03. The zero-order valence-electron chi connectivity index (χ0n) is 35.8. The maximum Gasteiger partial charge on any atom is 0.410 e. The van der Waals surface area contributed by atoms with Gasteiger partial charge in [-0.15, -0.1) is 6.58 Å². The van der Waals surface area contributed by atoms with E-state index in [-0.39, 0.29) is 62.8 Å². The lowest BCUT2D eigenvalue weighted by molar-refractivity contribution is -0.384. The molecule has 6 atom stereocenters. The molecule has 0 aromatic heterocycles.